The molecule has 0 aliphatic heterocycles. The van der Waals surface area contributed by atoms with Gasteiger partial charge in [0.05, 0.1) is 18.2 Å². The summed E-state index contributed by atoms with van der Waals surface area (Å²) in [5.41, 5.74) is 1.83. The topological polar surface area (TPSA) is 70.0 Å². The third kappa shape index (κ3) is 4.87. The number of hydrogen-bond acceptors (Lipinski definition) is 4. The molecule has 0 bridgehead atoms. The van der Waals surface area contributed by atoms with Crippen LogP contribution in [-0.4, -0.2) is 26.5 Å². The standard InChI is InChI=1S/C12H16N2O2S/c1-2-17(15,16)10-9-14-12-5-3-11(4-6-12)7-8-13/h3-6,14H,2,7,9-10H2,1H3. The number of rotatable bonds is 6. The Hall–Kier alpha value is -1.54. The Kier molecular flexibility index (Phi) is 4.98. The second-order valence-electron chi connectivity index (χ2n) is 3.69. The van der Waals surface area contributed by atoms with Crippen molar-refractivity contribution in [1.82, 2.24) is 0 Å². The van der Waals surface area contributed by atoms with Crippen LogP contribution in [-0.2, 0) is 16.3 Å². The molecule has 0 aromatic heterocycles. The molecular formula is C12H16N2O2S. The van der Waals surface area contributed by atoms with E-state index in [9.17, 15) is 8.42 Å². The highest BCUT2D eigenvalue weighted by Crippen LogP contribution is 2.09. The minimum Gasteiger partial charge on any atom is -0.384 e. The lowest BCUT2D eigenvalue weighted by molar-refractivity contribution is 0.597. The summed E-state index contributed by atoms with van der Waals surface area (Å²) in [7, 11) is -2.91. The van der Waals surface area contributed by atoms with Gasteiger partial charge in [0, 0.05) is 18.0 Å². The molecule has 0 spiro atoms. The molecule has 0 saturated heterocycles. The fourth-order valence-corrected chi connectivity index (χ4v) is 2.03. The molecule has 1 aromatic carbocycles. The molecule has 92 valence electrons. The summed E-state index contributed by atoms with van der Waals surface area (Å²) in [5.74, 6) is 0.319. The Morgan fingerprint density at radius 2 is 1.94 bits per heavy atom. The minimum absolute atomic E-state index is 0.142. The van der Waals surface area contributed by atoms with Gasteiger partial charge in [-0.2, -0.15) is 5.26 Å². The summed E-state index contributed by atoms with van der Waals surface area (Å²) in [5, 5.41) is 11.6. The number of nitriles is 1. The number of nitrogens with zero attached hydrogens (tertiary/aromatic N) is 1. The van der Waals surface area contributed by atoms with Crippen LogP contribution in [0.15, 0.2) is 24.3 Å². The van der Waals surface area contributed by atoms with Gasteiger partial charge in [0.25, 0.3) is 0 Å². The van der Waals surface area contributed by atoms with Crippen molar-refractivity contribution in [3.63, 3.8) is 0 Å². The van der Waals surface area contributed by atoms with Crippen molar-refractivity contribution in [1.29, 1.82) is 5.26 Å². The van der Waals surface area contributed by atoms with E-state index in [4.69, 9.17) is 5.26 Å². The van der Waals surface area contributed by atoms with Crippen LogP contribution in [0.5, 0.6) is 0 Å². The van der Waals surface area contributed by atoms with Gasteiger partial charge in [0.1, 0.15) is 0 Å². The zero-order chi connectivity index (χ0) is 12.7. The molecule has 0 fully saturated rings. The first-order valence-corrected chi connectivity index (χ1v) is 7.29. The molecule has 17 heavy (non-hydrogen) atoms. The van der Waals surface area contributed by atoms with E-state index < -0.39 is 9.84 Å². The van der Waals surface area contributed by atoms with Crippen molar-refractivity contribution < 1.29 is 8.42 Å². The van der Waals surface area contributed by atoms with Crippen LogP contribution in [0.1, 0.15) is 12.5 Å². The molecule has 0 aliphatic rings. The number of hydrogen-bond donors (Lipinski definition) is 1. The summed E-state index contributed by atoms with van der Waals surface area (Å²) in [6.07, 6.45) is 0.393. The average molecular weight is 252 g/mol. The molecule has 1 aromatic rings. The van der Waals surface area contributed by atoms with Crippen molar-refractivity contribution in [3.8, 4) is 6.07 Å². The van der Waals surface area contributed by atoms with E-state index >= 15 is 0 Å². The van der Waals surface area contributed by atoms with Crippen molar-refractivity contribution in [3.05, 3.63) is 29.8 Å². The third-order valence-corrected chi connectivity index (χ3v) is 4.12. The van der Waals surface area contributed by atoms with Crippen molar-refractivity contribution in [2.24, 2.45) is 0 Å². The Morgan fingerprint density at radius 3 is 2.47 bits per heavy atom. The molecule has 0 heterocycles. The zero-order valence-electron chi connectivity index (χ0n) is 9.81. The van der Waals surface area contributed by atoms with Crippen LogP contribution in [0, 0.1) is 11.3 Å². The quantitative estimate of drug-likeness (QED) is 0.835. The van der Waals surface area contributed by atoms with Crippen LogP contribution in [0.25, 0.3) is 0 Å². The molecule has 1 rings (SSSR count). The molecule has 0 unspecified atom stereocenters. The highest BCUT2D eigenvalue weighted by molar-refractivity contribution is 7.91. The Labute approximate surface area is 102 Å². The summed E-state index contributed by atoms with van der Waals surface area (Å²) in [4.78, 5) is 0. The van der Waals surface area contributed by atoms with Gasteiger partial charge in [-0.05, 0) is 17.7 Å². The second-order valence-corrected chi connectivity index (χ2v) is 6.17. The van der Waals surface area contributed by atoms with Crippen molar-refractivity contribution >= 4 is 15.5 Å². The number of sulfone groups is 1. The van der Waals surface area contributed by atoms with Crippen molar-refractivity contribution in [2.45, 2.75) is 13.3 Å². The van der Waals surface area contributed by atoms with Gasteiger partial charge in [-0.25, -0.2) is 8.42 Å². The number of nitrogens with one attached hydrogen (secondary N) is 1. The Balaban J connectivity index is 2.46. The van der Waals surface area contributed by atoms with Gasteiger partial charge in [-0.15, -0.1) is 0 Å². The molecule has 4 nitrogen and oxygen atoms in total. The monoisotopic (exact) mass is 252 g/mol. The lowest BCUT2D eigenvalue weighted by Crippen LogP contribution is -2.17. The van der Waals surface area contributed by atoms with Gasteiger partial charge >= 0.3 is 0 Å². The van der Waals surface area contributed by atoms with Gasteiger partial charge in [-0.1, -0.05) is 19.1 Å². The van der Waals surface area contributed by atoms with Crippen LogP contribution < -0.4 is 5.32 Å². The molecule has 0 amide bonds. The van der Waals surface area contributed by atoms with Crippen LogP contribution in [0.3, 0.4) is 0 Å². The molecule has 0 aliphatic carbocycles. The van der Waals surface area contributed by atoms with Crippen LogP contribution in [0.2, 0.25) is 0 Å². The predicted octanol–water partition coefficient (Wildman–Crippen LogP) is 1.60. The maximum Gasteiger partial charge on any atom is 0.151 e. The molecule has 0 saturated carbocycles. The number of benzene rings is 1. The number of anilines is 1. The first kappa shape index (κ1) is 13.5. The fraction of sp³-hybridized carbons (Fsp3) is 0.417. The highest BCUT2D eigenvalue weighted by Gasteiger charge is 2.05. The summed E-state index contributed by atoms with van der Waals surface area (Å²) in [6.45, 7) is 2.06. The van der Waals surface area contributed by atoms with E-state index in [2.05, 4.69) is 11.4 Å². The largest absolute Gasteiger partial charge is 0.384 e. The first-order valence-electron chi connectivity index (χ1n) is 5.47. The maximum atomic E-state index is 11.3. The maximum absolute atomic E-state index is 11.3. The summed E-state index contributed by atoms with van der Waals surface area (Å²) >= 11 is 0. The third-order valence-electron chi connectivity index (χ3n) is 2.42. The lowest BCUT2D eigenvalue weighted by atomic mass is 10.1. The zero-order valence-corrected chi connectivity index (χ0v) is 10.6. The molecule has 1 N–H and O–H groups in total. The first-order chi connectivity index (χ1) is 8.07. The second kappa shape index (κ2) is 6.26. The van der Waals surface area contributed by atoms with Gasteiger partial charge < -0.3 is 5.32 Å². The molecule has 0 radical (unpaired) electrons. The molecule has 5 heteroatoms. The smallest absolute Gasteiger partial charge is 0.151 e. The predicted molar refractivity (Wildman–Crippen MR) is 68.6 cm³/mol. The molecule has 0 atom stereocenters. The van der Waals surface area contributed by atoms with Crippen LogP contribution >= 0.6 is 0 Å². The van der Waals surface area contributed by atoms with Crippen LogP contribution in [0.4, 0.5) is 5.69 Å². The molecular weight excluding hydrogens is 236 g/mol. The van der Waals surface area contributed by atoms with Gasteiger partial charge in [-0.3, -0.25) is 0 Å². The normalized spacial score (nSPS) is 10.8. The van der Waals surface area contributed by atoms with E-state index in [-0.39, 0.29) is 11.5 Å². The average Bonchev–Trinajstić information content (AvgIpc) is 2.32. The van der Waals surface area contributed by atoms with Gasteiger partial charge in [0.2, 0.25) is 0 Å². The minimum atomic E-state index is -2.91. The Bertz CT molecular complexity index is 486. The SMILES string of the molecule is CCS(=O)(=O)CCNc1ccc(CC#N)cc1. The van der Waals surface area contributed by atoms with E-state index in [0.29, 0.717) is 13.0 Å². The highest BCUT2D eigenvalue weighted by atomic mass is 32.2. The van der Waals surface area contributed by atoms with Gasteiger partial charge in [0.15, 0.2) is 9.84 Å². The summed E-state index contributed by atoms with van der Waals surface area (Å²) in [6, 6.07) is 9.50. The lowest BCUT2D eigenvalue weighted by Gasteiger charge is -2.06. The van der Waals surface area contributed by atoms with E-state index in [1.165, 1.54) is 0 Å². The summed E-state index contributed by atoms with van der Waals surface area (Å²) < 4.78 is 22.5. The van der Waals surface area contributed by atoms with Crippen molar-refractivity contribution in [2.75, 3.05) is 23.4 Å². The fourth-order valence-electron chi connectivity index (χ4n) is 1.33. The van der Waals surface area contributed by atoms with E-state index in [1.807, 2.05) is 24.3 Å². The van der Waals surface area contributed by atoms with E-state index in [1.54, 1.807) is 6.92 Å². The van der Waals surface area contributed by atoms with E-state index in [0.717, 1.165) is 11.3 Å². The Morgan fingerprint density at radius 1 is 1.29 bits per heavy atom.